The number of nitrogens with one attached hydrogen (secondary N) is 1. The van der Waals surface area contributed by atoms with Crippen LogP contribution < -0.4 is 5.32 Å². The minimum absolute atomic E-state index is 0.00603. The molecule has 1 aliphatic heterocycles. The quantitative estimate of drug-likeness (QED) is 0.745. The molecule has 1 atom stereocenters. The van der Waals surface area contributed by atoms with Crippen molar-refractivity contribution in [1.82, 2.24) is 10.2 Å². The van der Waals surface area contributed by atoms with Gasteiger partial charge in [-0.1, -0.05) is 28.1 Å². The van der Waals surface area contributed by atoms with Crippen molar-refractivity contribution >= 4 is 27.7 Å². The van der Waals surface area contributed by atoms with Gasteiger partial charge in [-0.15, -0.1) is 0 Å². The van der Waals surface area contributed by atoms with Gasteiger partial charge in [0.2, 0.25) is 11.8 Å². The summed E-state index contributed by atoms with van der Waals surface area (Å²) in [7, 11) is 0. The maximum atomic E-state index is 13.1. The molecular formula is C23H29BrN2O3. The summed E-state index contributed by atoms with van der Waals surface area (Å²) in [5, 5.41) is 3.02. The first kappa shape index (κ1) is 19.6. The van der Waals surface area contributed by atoms with E-state index in [4.69, 9.17) is 4.74 Å². The summed E-state index contributed by atoms with van der Waals surface area (Å²) in [6.07, 6.45) is 6.93. The first-order valence-electron chi connectivity index (χ1n) is 10.9. The number of hydrogen-bond donors (Lipinski definition) is 1. The van der Waals surface area contributed by atoms with Gasteiger partial charge >= 0.3 is 0 Å². The van der Waals surface area contributed by atoms with Crippen molar-refractivity contribution in [2.24, 2.45) is 23.2 Å². The Kier molecular flexibility index (Phi) is 5.19. The van der Waals surface area contributed by atoms with E-state index in [-0.39, 0.29) is 29.9 Å². The fourth-order valence-corrected chi connectivity index (χ4v) is 6.86. The van der Waals surface area contributed by atoms with Crippen LogP contribution in [0.25, 0.3) is 0 Å². The van der Waals surface area contributed by atoms with Crippen molar-refractivity contribution in [2.75, 3.05) is 26.2 Å². The zero-order valence-corrected chi connectivity index (χ0v) is 18.3. The molecule has 1 saturated heterocycles. The topological polar surface area (TPSA) is 58.6 Å². The average Bonchev–Trinajstić information content (AvgIpc) is 2.71. The van der Waals surface area contributed by atoms with Crippen molar-refractivity contribution in [2.45, 2.75) is 44.6 Å². The summed E-state index contributed by atoms with van der Waals surface area (Å²) >= 11 is 3.45. The Balaban J connectivity index is 1.17. The van der Waals surface area contributed by atoms with Crippen molar-refractivity contribution in [3.8, 4) is 0 Å². The minimum atomic E-state index is -0.194. The van der Waals surface area contributed by atoms with Gasteiger partial charge in [0.1, 0.15) is 6.10 Å². The average molecular weight is 461 g/mol. The monoisotopic (exact) mass is 460 g/mol. The summed E-state index contributed by atoms with van der Waals surface area (Å²) in [6, 6.07) is 8.03. The smallest absolute Gasteiger partial charge is 0.242 e. The third kappa shape index (κ3) is 3.86. The highest BCUT2D eigenvalue weighted by Crippen LogP contribution is 2.60. The molecule has 0 spiro atoms. The third-order valence-electron chi connectivity index (χ3n) is 7.58. The van der Waals surface area contributed by atoms with Gasteiger partial charge in [-0.2, -0.15) is 0 Å². The number of morpholine rings is 1. The predicted octanol–water partition coefficient (Wildman–Crippen LogP) is 3.68. The first-order chi connectivity index (χ1) is 14.0. The van der Waals surface area contributed by atoms with Gasteiger partial charge in [-0.05, 0) is 74.0 Å². The SMILES string of the molecule is O=C(CNC(=O)C12CC3CC(CC(C3)C1)C2)N1CCOC(c2ccc(Br)cc2)C1. The molecular weight excluding hydrogens is 432 g/mol. The first-order valence-corrected chi connectivity index (χ1v) is 11.7. The lowest BCUT2D eigenvalue weighted by Gasteiger charge is -2.55. The molecule has 1 aromatic carbocycles. The van der Waals surface area contributed by atoms with Crippen LogP contribution in [0.1, 0.15) is 50.2 Å². The highest BCUT2D eigenvalue weighted by Gasteiger charge is 2.54. The van der Waals surface area contributed by atoms with Crippen molar-refractivity contribution in [3.63, 3.8) is 0 Å². The van der Waals surface area contributed by atoms with Crippen LogP contribution in [0.2, 0.25) is 0 Å². The molecule has 1 N–H and O–H groups in total. The van der Waals surface area contributed by atoms with Crippen LogP contribution in [0.5, 0.6) is 0 Å². The molecule has 6 heteroatoms. The molecule has 4 saturated carbocycles. The molecule has 5 nitrogen and oxygen atoms in total. The number of ether oxygens (including phenoxy) is 1. The fraction of sp³-hybridized carbons (Fsp3) is 0.652. The van der Waals surface area contributed by atoms with Gasteiger partial charge < -0.3 is 15.0 Å². The molecule has 0 aromatic heterocycles. The molecule has 2 amide bonds. The second-order valence-electron chi connectivity index (χ2n) is 9.63. The van der Waals surface area contributed by atoms with E-state index in [0.717, 1.165) is 47.1 Å². The molecule has 4 aliphatic carbocycles. The maximum Gasteiger partial charge on any atom is 0.242 e. The Hall–Kier alpha value is -1.40. The van der Waals surface area contributed by atoms with Crippen LogP contribution in [0.4, 0.5) is 0 Å². The van der Waals surface area contributed by atoms with E-state index in [1.165, 1.54) is 19.3 Å². The van der Waals surface area contributed by atoms with Gasteiger partial charge in [0, 0.05) is 16.4 Å². The highest BCUT2D eigenvalue weighted by atomic mass is 79.9. The lowest BCUT2D eigenvalue weighted by atomic mass is 9.49. The van der Waals surface area contributed by atoms with E-state index in [1.54, 1.807) is 0 Å². The number of carbonyl (C=O) groups excluding carboxylic acids is 2. The molecule has 4 bridgehead atoms. The lowest BCUT2D eigenvalue weighted by Crippen LogP contribution is -2.55. The molecule has 6 rings (SSSR count). The Morgan fingerprint density at radius 2 is 1.69 bits per heavy atom. The van der Waals surface area contributed by atoms with Gasteiger partial charge in [0.05, 0.1) is 19.7 Å². The molecule has 29 heavy (non-hydrogen) atoms. The highest BCUT2D eigenvalue weighted by molar-refractivity contribution is 9.10. The van der Waals surface area contributed by atoms with Crippen molar-refractivity contribution in [3.05, 3.63) is 34.3 Å². The molecule has 0 radical (unpaired) electrons. The van der Waals surface area contributed by atoms with Crippen molar-refractivity contribution in [1.29, 1.82) is 0 Å². The number of nitrogens with zero attached hydrogens (tertiary/aromatic N) is 1. The third-order valence-corrected chi connectivity index (χ3v) is 8.11. The summed E-state index contributed by atoms with van der Waals surface area (Å²) in [6.45, 7) is 1.75. The van der Waals surface area contributed by atoms with Crippen LogP contribution in [0.3, 0.4) is 0 Å². The number of halogens is 1. The lowest BCUT2D eigenvalue weighted by molar-refractivity contribution is -0.149. The van der Waals surface area contributed by atoms with Crippen LogP contribution in [0.15, 0.2) is 28.7 Å². The zero-order chi connectivity index (χ0) is 20.0. The molecule has 5 aliphatic rings. The van der Waals surface area contributed by atoms with Crippen LogP contribution in [0, 0.1) is 23.2 Å². The van der Waals surface area contributed by atoms with Gasteiger partial charge in [-0.25, -0.2) is 0 Å². The Morgan fingerprint density at radius 3 is 2.31 bits per heavy atom. The van der Waals surface area contributed by atoms with E-state index in [1.807, 2.05) is 29.2 Å². The summed E-state index contributed by atoms with van der Waals surface area (Å²) in [5.74, 6) is 2.31. The largest absolute Gasteiger partial charge is 0.370 e. The number of hydrogen-bond acceptors (Lipinski definition) is 3. The molecule has 156 valence electrons. The molecule has 1 heterocycles. The Morgan fingerprint density at radius 1 is 1.07 bits per heavy atom. The number of benzene rings is 1. The number of amides is 2. The fourth-order valence-electron chi connectivity index (χ4n) is 6.60. The summed E-state index contributed by atoms with van der Waals surface area (Å²) in [4.78, 5) is 27.7. The summed E-state index contributed by atoms with van der Waals surface area (Å²) < 4.78 is 6.90. The van der Waals surface area contributed by atoms with Crippen LogP contribution in [-0.4, -0.2) is 43.0 Å². The normalized spacial score (nSPS) is 35.6. The Bertz CT molecular complexity index is 759. The maximum absolute atomic E-state index is 13.1. The van der Waals surface area contributed by atoms with E-state index < -0.39 is 0 Å². The number of carbonyl (C=O) groups is 2. The molecule has 1 aromatic rings. The Labute approximate surface area is 180 Å². The predicted molar refractivity (Wildman–Crippen MR) is 113 cm³/mol. The molecule has 5 fully saturated rings. The molecule has 1 unspecified atom stereocenters. The van der Waals surface area contributed by atoms with E-state index in [0.29, 0.717) is 19.7 Å². The standard InChI is InChI=1S/C23H29BrN2O3/c24-19-3-1-18(2-4-19)20-14-26(5-6-29-20)21(27)13-25-22(28)23-10-15-7-16(11-23)9-17(8-15)12-23/h1-4,15-17,20H,5-14H2,(H,25,28). The van der Waals surface area contributed by atoms with E-state index in [2.05, 4.69) is 21.2 Å². The van der Waals surface area contributed by atoms with Gasteiger partial charge in [-0.3, -0.25) is 9.59 Å². The second-order valence-corrected chi connectivity index (χ2v) is 10.5. The van der Waals surface area contributed by atoms with Crippen molar-refractivity contribution < 1.29 is 14.3 Å². The van der Waals surface area contributed by atoms with Gasteiger partial charge in [0.25, 0.3) is 0 Å². The zero-order valence-electron chi connectivity index (χ0n) is 16.7. The summed E-state index contributed by atoms with van der Waals surface area (Å²) in [5.41, 5.74) is 0.878. The second kappa shape index (κ2) is 7.69. The van der Waals surface area contributed by atoms with E-state index >= 15 is 0 Å². The van der Waals surface area contributed by atoms with Crippen LogP contribution in [-0.2, 0) is 14.3 Å². The van der Waals surface area contributed by atoms with E-state index in [9.17, 15) is 9.59 Å². The van der Waals surface area contributed by atoms with Gasteiger partial charge in [0.15, 0.2) is 0 Å². The number of rotatable bonds is 4. The minimum Gasteiger partial charge on any atom is -0.370 e. The van der Waals surface area contributed by atoms with Crippen LogP contribution >= 0.6 is 15.9 Å².